The van der Waals surface area contributed by atoms with Crippen molar-refractivity contribution in [2.75, 3.05) is 4.90 Å². The summed E-state index contributed by atoms with van der Waals surface area (Å²) in [5.74, 6) is 4.77. The van der Waals surface area contributed by atoms with E-state index in [0.717, 1.165) is 57.2 Å². The number of nitrogens with zero attached hydrogens (tertiary/aromatic N) is 1. The Morgan fingerprint density at radius 1 is 0.388 bits per heavy atom. The Labute approximate surface area is 393 Å². The van der Waals surface area contributed by atoms with Crippen LogP contribution in [-0.2, 0) is 10.8 Å². The molecule has 9 aromatic rings. The van der Waals surface area contributed by atoms with E-state index in [1.807, 2.05) is 0 Å². The van der Waals surface area contributed by atoms with Crippen molar-refractivity contribution in [1.82, 2.24) is 0 Å². The number of rotatable bonds is 5. The fourth-order valence-electron chi connectivity index (χ4n) is 16.9. The molecule has 1 aromatic heterocycles. The minimum atomic E-state index is 0.0282. The first kappa shape index (κ1) is 37.5. The molecule has 0 saturated heterocycles. The highest BCUT2D eigenvalue weighted by molar-refractivity contribution is 6.06. The monoisotopic (exact) mass is 863 g/mol. The van der Waals surface area contributed by atoms with Crippen molar-refractivity contribution < 1.29 is 4.42 Å². The van der Waals surface area contributed by atoms with Gasteiger partial charge in [-0.3, -0.25) is 0 Å². The molecule has 2 nitrogen and oxygen atoms in total. The molecule has 3 unspecified atom stereocenters. The summed E-state index contributed by atoms with van der Waals surface area (Å²) in [5, 5.41) is 2.32. The van der Waals surface area contributed by atoms with Gasteiger partial charge in [0.05, 0.1) is 0 Å². The first-order valence-corrected chi connectivity index (χ1v) is 25.5. The summed E-state index contributed by atoms with van der Waals surface area (Å²) in [7, 11) is 0. The van der Waals surface area contributed by atoms with Crippen LogP contribution in [-0.4, -0.2) is 0 Å². The molecule has 17 rings (SSSR count). The largest absolute Gasteiger partial charge is 0.456 e. The van der Waals surface area contributed by atoms with E-state index < -0.39 is 0 Å². The summed E-state index contributed by atoms with van der Waals surface area (Å²) in [6, 6.07) is 67.7. The number of hydrogen-bond donors (Lipinski definition) is 0. The third-order valence-electron chi connectivity index (χ3n) is 19.1. The number of benzene rings is 8. The lowest BCUT2D eigenvalue weighted by Crippen LogP contribution is -2.55. The summed E-state index contributed by atoms with van der Waals surface area (Å²) < 4.78 is 6.63. The van der Waals surface area contributed by atoms with Gasteiger partial charge in [0.15, 0.2) is 0 Å². The normalized spacial score (nSPS) is 27.6. The topological polar surface area (TPSA) is 16.4 Å². The number of furan rings is 1. The van der Waals surface area contributed by atoms with Crippen molar-refractivity contribution in [3.8, 4) is 44.5 Å². The van der Waals surface area contributed by atoms with Gasteiger partial charge < -0.3 is 9.32 Å². The van der Waals surface area contributed by atoms with Gasteiger partial charge in [0.2, 0.25) is 0 Å². The fourth-order valence-corrected chi connectivity index (χ4v) is 16.9. The summed E-state index contributed by atoms with van der Waals surface area (Å²) in [6.07, 6.45) is 12.3. The van der Waals surface area contributed by atoms with Gasteiger partial charge in [0, 0.05) is 44.7 Å². The molecular formula is C65H53NO. The van der Waals surface area contributed by atoms with E-state index in [9.17, 15) is 0 Å². The van der Waals surface area contributed by atoms with Crippen molar-refractivity contribution in [3.05, 3.63) is 198 Å². The van der Waals surface area contributed by atoms with Crippen LogP contribution in [0.4, 0.5) is 17.1 Å². The van der Waals surface area contributed by atoms with Gasteiger partial charge in [-0.2, -0.15) is 0 Å². The maximum atomic E-state index is 6.63. The molecule has 3 atom stereocenters. The second-order valence-electron chi connectivity index (χ2n) is 22.0. The zero-order chi connectivity index (χ0) is 43.6. The molecule has 2 spiro atoms. The molecule has 67 heavy (non-hydrogen) atoms. The molecule has 1 heterocycles. The quantitative estimate of drug-likeness (QED) is 0.171. The molecule has 324 valence electrons. The molecule has 6 fully saturated rings. The van der Waals surface area contributed by atoms with Crippen LogP contribution in [0, 0.1) is 35.5 Å². The Morgan fingerprint density at radius 3 is 1.90 bits per heavy atom. The fraction of sp³-hybridized carbons (Fsp3) is 0.262. The van der Waals surface area contributed by atoms with Crippen LogP contribution < -0.4 is 4.90 Å². The van der Waals surface area contributed by atoms with E-state index in [1.54, 1.807) is 16.7 Å². The second-order valence-corrected chi connectivity index (χ2v) is 22.0. The van der Waals surface area contributed by atoms with Gasteiger partial charge in [-0.15, -0.1) is 0 Å². The highest BCUT2D eigenvalue weighted by Gasteiger charge is 2.62. The first-order valence-electron chi connectivity index (χ1n) is 25.5. The smallest absolute Gasteiger partial charge is 0.137 e. The van der Waals surface area contributed by atoms with Crippen LogP contribution in [0.25, 0.3) is 66.4 Å². The van der Waals surface area contributed by atoms with Gasteiger partial charge in [0.25, 0.3) is 0 Å². The maximum Gasteiger partial charge on any atom is 0.137 e. The summed E-state index contributed by atoms with van der Waals surface area (Å²) in [6.45, 7) is 0. The van der Waals surface area contributed by atoms with Crippen LogP contribution in [0.5, 0.6) is 0 Å². The van der Waals surface area contributed by atoms with Gasteiger partial charge in [0.1, 0.15) is 11.2 Å². The van der Waals surface area contributed by atoms with Crippen molar-refractivity contribution in [1.29, 1.82) is 0 Å². The third kappa shape index (κ3) is 4.96. The maximum absolute atomic E-state index is 6.63. The van der Waals surface area contributed by atoms with Crippen LogP contribution in [0.2, 0.25) is 0 Å². The average molecular weight is 864 g/mol. The summed E-state index contributed by atoms with van der Waals surface area (Å²) in [4.78, 5) is 2.53. The molecule has 8 aliphatic carbocycles. The van der Waals surface area contributed by atoms with Crippen molar-refractivity contribution in [3.63, 3.8) is 0 Å². The predicted molar refractivity (Wildman–Crippen MR) is 274 cm³/mol. The van der Waals surface area contributed by atoms with Gasteiger partial charge in [-0.1, -0.05) is 128 Å². The predicted octanol–water partition coefficient (Wildman–Crippen LogP) is 17.2. The zero-order valence-electron chi connectivity index (χ0n) is 37.9. The lowest BCUT2D eigenvalue weighted by atomic mass is 9.43. The Balaban J connectivity index is 0.879. The van der Waals surface area contributed by atoms with Crippen molar-refractivity contribution in [2.24, 2.45) is 35.5 Å². The average Bonchev–Trinajstić information content (AvgIpc) is 4.20. The molecule has 8 aromatic carbocycles. The standard InChI is InChI=1S/C65H53NO/c1-2-10-42(11-3-1)51-16-9-18-58-63(51)56-27-24-49(36-59(56)64(58)38-39-20-22-45(64)29-39)66(50-23-26-55-54-15-5-7-19-61(54)67-62(55)37-50)48-13-8-12-43(34-48)44-21-25-53-52-14-4-6-17-57(52)65(60(53)35-44)46-30-40-28-41(32-46)33-47(65)31-40/h1-19,21,23-27,34-37,39-41,45-47H,20,22,28-33,38H2. The van der Waals surface area contributed by atoms with E-state index in [-0.39, 0.29) is 10.8 Å². The zero-order valence-corrected chi connectivity index (χ0v) is 37.9. The van der Waals surface area contributed by atoms with Gasteiger partial charge in [-0.25, -0.2) is 0 Å². The lowest BCUT2D eigenvalue weighted by molar-refractivity contribution is -0.0399. The summed E-state index contributed by atoms with van der Waals surface area (Å²) in [5.41, 5.74) is 22.9. The van der Waals surface area contributed by atoms with E-state index in [1.165, 1.54) is 119 Å². The van der Waals surface area contributed by atoms with Crippen molar-refractivity contribution in [2.45, 2.75) is 68.6 Å². The van der Waals surface area contributed by atoms with Crippen LogP contribution in [0.3, 0.4) is 0 Å². The number of hydrogen-bond acceptors (Lipinski definition) is 2. The van der Waals surface area contributed by atoms with E-state index >= 15 is 0 Å². The van der Waals surface area contributed by atoms with Gasteiger partial charge >= 0.3 is 0 Å². The second kappa shape index (κ2) is 13.5. The molecule has 0 N–H and O–H groups in total. The molecule has 8 aliphatic rings. The SMILES string of the molecule is c1ccc(-c2cccc3c2-c2ccc(N(c4cccc(-c5ccc6c(c5)C5(c7ccccc7-6)C6CC7CC(C6)CC5C7)c4)c4ccc5c(c4)oc4ccccc45)cc2C32CC3CCC2C3)cc1. The molecule has 0 aliphatic heterocycles. The van der Waals surface area contributed by atoms with Gasteiger partial charge in [-0.05, 0) is 202 Å². The van der Waals surface area contributed by atoms with Crippen molar-refractivity contribution >= 4 is 39.0 Å². The Morgan fingerprint density at radius 2 is 1.04 bits per heavy atom. The Bertz CT molecular complexity index is 3510. The van der Waals surface area contributed by atoms with Crippen LogP contribution >= 0.6 is 0 Å². The summed E-state index contributed by atoms with van der Waals surface area (Å²) >= 11 is 0. The van der Waals surface area contributed by atoms with E-state index in [2.05, 4.69) is 181 Å². The first-order chi connectivity index (χ1) is 33.1. The van der Waals surface area contributed by atoms with Crippen LogP contribution in [0.15, 0.2) is 180 Å². The van der Waals surface area contributed by atoms with Crippen LogP contribution in [0.1, 0.15) is 80.0 Å². The van der Waals surface area contributed by atoms with E-state index in [0.29, 0.717) is 5.92 Å². The lowest BCUT2D eigenvalue weighted by Gasteiger charge is -2.61. The Kier molecular flexibility index (Phi) is 7.55. The molecule has 6 bridgehead atoms. The molecular weight excluding hydrogens is 811 g/mol. The molecule has 6 saturated carbocycles. The molecule has 2 heteroatoms. The Hall–Kier alpha value is -6.64. The minimum Gasteiger partial charge on any atom is -0.456 e. The molecule has 0 radical (unpaired) electrons. The highest BCUT2D eigenvalue weighted by Crippen LogP contribution is 2.70. The number of para-hydroxylation sites is 1. The third-order valence-corrected chi connectivity index (χ3v) is 19.1. The molecule has 0 amide bonds. The minimum absolute atomic E-state index is 0.0282. The number of anilines is 3. The highest BCUT2D eigenvalue weighted by atomic mass is 16.3. The van der Waals surface area contributed by atoms with E-state index in [4.69, 9.17) is 4.42 Å². The number of fused-ring (bicyclic) bond motifs is 14.